The van der Waals surface area contributed by atoms with Crippen molar-refractivity contribution in [3.63, 3.8) is 0 Å². The van der Waals surface area contributed by atoms with E-state index >= 15 is 0 Å². The highest BCUT2D eigenvalue weighted by Gasteiger charge is 2.31. The molecular weight excluding hydrogens is 260 g/mol. The van der Waals surface area contributed by atoms with Crippen LogP contribution in [0.5, 0.6) is 5.75 Å². The van der Waals surface area contributed by atoms with Gasteiger partial charge in [-0.15, -0.1) is 0 Å². The molecule has 0 radical (unpaired) electrons. The monoisotopic (exact) mass is 278 g/mol. The van der Waals surface area contributed by atoms with Gasteiger partial charge in [0.1, 0.15) is 0 Å². The number of phenolic OH excluding ortho intramolecular Hbond substituents is 1. The molecule has 0 amide bonds. The lowest BCUT2D eigenvalue weighted by atomic mass is 9.81. The molecule has 0 saturated heterocycles. The van der Waals surface area contributed by atoms with E-state index in [1.807, 2.05) is 13.8 Å². The first-order valence-corrected chi connectivity index (χ1v) is 6.23. The van der Waals surface area contributed by atoms with Gasteiger partial charge in [-0.1, -0.05) is 27.7 Å². The molecule has 0 aliphatic heterocycles. The number of hydrogen-bond donors (Lipinski definition) is 1. The normalized spacial score (nSPS) is 13.4. The van der Waals surface area contributed by atoms with E-state index in [1.54, 1.807) is 13.8 Å². The lowest BCUT2D eigenvalue weighted by molar-refractivity contribution is 0.327. The van der Waals surface area contributed by atoms with Crippen molar-refractivity contribution in [2.45, 2.75) is 40.0 Å². The third-order valence-corrected chi connectivity index (χ3v) is 3.18. The van der Waals surface area contributed by atoms with Gasteiger partial charge in [0.15, 0.2) is 17.4 Å². The minimum Gasteiger partial charge on any atom is -0.503 e. The summed E-state index contributed by atoms with van der Waals surface area (Å²) in [7, 11) is 0. The van der Waals surface area contributed by atoms with E-state index in [0.717, 1.165) is 0 Å². The molecule has 1 nitrogen and oxygen atoms in total. The van der Waals surface area contributed by atoms with Crippen LogP contribution in [-0.4, -0.2) is 5.11 Å². The van der Waals surface area contributed by atoms with Gasteiger partial charge in [0, 0.05) is 5.56 Å². The molecule has 1 N–H and O–H groups in total. The lowest BCUT2D eigenvalue weighted by Gasteiger charge is -2.24. The second-order valence-corrected chi connectivity index (χ2v) is 5.50. The third kappa shape index (κ3) is 3.01. The Labute approximate surface area is 110 Å². The van der Waals surface area contributed by atoms with Gasteiger partial charge in [-0.25, -0.2) is 8.78 Å². The van der Waals surface area contributed by atoms with Crippen molar-refractivity contribution < 1.29 is 22.7 Å². The lowest BCUT2D eigenvalue weighted by Crippen LogP contribution is -2.16. The van der Waals surface area contributed by atoms with Crippen LogP contribution in [0.1, 0.15) is 45.6 Å². The molecule has 0 bridgehead atoms. The maximum atomic E-state index is 13.8. The van der Waals surface area contributed by atoms with Crippen molar-refractivity contribution in [3.05, 3.63) is 28.8 Å². The molecular formula is C14H18F4O. The Balaban J connectivity index is 3.47. The number of phenols is 1. The largest absolute Gasteiger partial charge is 0.503 e. The van der Waals surface area contributed by atoms with E-state index in [-0.39, 0.29) is 11.8 Å². The van der Waals surface area contributed by atoms with E-state index < -0.39 is 40.5 Å². The number of aromatic hydroxyl groups is 1. The third-order valence-electron chi connectivity index (χ3n) is 3.18. The molecule has 5 heteroatoms. The van der Waals surface area contributed by atoms with Crippen LogP contribution in [0.25, 0.3) is 0 Å². The molecule has 1 aromatic rings. The zero-order valence-electron chi connectivity index (χ0n) is 11.4. The summed E-state index contributed by atoms with van der Waals surface area (Å²) in [5.41, 5.74) is -0.614. The van der Waals surface area contributed by atoms with Gasteiger partial charge in [-0.05, 0) is 24.2 Å². The van der Waals surface area contributed by atoms with Crippen LogP contribution in [0.4, 0.5) is 17.6 Å². The summed E-state index contributed by atoms with van der Waals surface area (Å²) in [6.07, 6.45) is 0.398. The van der Waals surface area contributed by atoms with Crippen LogP contribution >= 0.6 is 0 Å². The van der Waals surface area contributed by atoms with Gasteiger partial charge in [-0.2, -0.15) is 8.78 Å². The summed E-state index contributed by atoms with van der Waals surface area (Å²) in [5, 5.41) is 8.96. The van der Waals surface area contributed by atoms with E-state index in [0.29, 0.717) is 6.42 Å². The van der Waals surface area contributed by atoms with E-state index in [2.05, 4.69) is 0 Å². The van der Waals surface area contributed by atoms with Gasteiger partial charge in [0.2, 0.25) is 11.6 Å². The second kappa shape index (κ2) is 5.80. The van der Waals surface area contributed by atoms with Gasteiger partial charge in [0.05, 0.1) is 0 Å². The zero-order valence-corrected chi connectivity index (χ0v) is 11.4. The molecule has 1 unspecified atom stereocenters. The average molecular weight is 278 g/mol. The molecule has 0 fully saturated rings. The van der Waals surface area contributed by atoms with Crippen LogP contribution in [-0.2, 0) is 0 Å². The molecule has 108 valence electrons. The van der Waals surface area contributed by atoms with Gasteiger partial charge in [-0.3, -0.25) is 0 Å². The Bertz CT molecular complexity index is 440. The van der Waals surface area contributed by atoms with Crippen LogP contribution in [0.3, 0.4) is 0 Å². The first-order valence-electron chi connectivity index (χ1n) is 6.23. The molecule has 1 rings (SSSR count). The Hall–Kier alpha value is -1.26. The van der Waals surface area contributed by atoms with Gasteiger partial charge in [0.25, 0.3) is 0 Å². The van der Waals surface area contributed by atoms with Crippen molar-refractivity contribution in [3.8, 4) is 5.75 Å². The van der Waals surface area contributed by atoms with Crippen molar-refractivity contribution in [2.24, 2.45) is 11.8 Å². The molecule has 0 aromatic heterocycles. The topological polar surface area (TPSA) is 20.2 Å². The first kappa shape index (κ1) is 15.8. The molecule has 1 atom stereocenters. The highest BCUT2D eigenvalue weighted by atomic mass is 19.2. The number of rotatable bonds is 4. The van der Waals surface area contributed by atoms with Crippen LogP contribution in [0, 0.1) is 35.1 Å². The van der Waals surface area contributed by atoms with E-state index in [1.165, 1.54) is 0 Å². The highest BCUT2D eigenvalue weighted by Crippen LogP contribution is 2.38. The molecule has 0 aliphatic rings. The maximum Gasteiger partial charge on any atom is 0.203 e. The number of benzene rings is 1. The predicted octanol–water partition coefficient (Wildman–Crippen LogP) is 4.73. The van der Waals surface area contributed by atoms with Crippen LogP contribution in [0.15, 0.2) is 0 Å². The Morgan fingerprint density at radius 3 is 1.58 bits per heavy atom. The predicted molar refractivity (Wildman–Crippen MR) is 65.0 cm³/mol. The smallest absolute Gasteiger partial charge is 0.203 e. The quantitative estimate of drug-likeness (QED) is 0.623. The molecule has 0 spiro atoms. The van der Waals surface area contributed by atoms with Crippen LogP contribution in [0.2, 0.25) is 0 Å². The average Bonchev–Trinajstić information content (AvgIpc) is 2.32. The van der Waals surface area contributed by atoms with Crippen molar-refractivity contribution in [1.82, 2.24) is 0 Å². The Morgan fingerprint density at radius 2 is 1.26 bits per heavy atom. The standard InChI is InChI=1S/C14H18F4O/c1-6(2)5-8(7(3)4)9-10(15)12(17)14(19)13(18)11(9)16/h6-8,19H,5H2,1-4H3. The fourth-order valence-corrected chi connectivity index (χ4v) is 2.19. The minimum absolute atomic E-state index is 0.117. The molecule has 0 aliphatic carbocycles. The summed E-state index contributed by atoms with van der Waals surface area (Å²) < 4.78 is 54.4. The van der Waals surface area contributed by atoms with E-state index in [9.17, 15) is 17.6 Å². The summed E-state index contributed by atoms with van der Waals surface area (Å²) in [6, 6.07) is 0. The number of hydrogen-bond acceptors (Lipinski definition) is 1. The summed E-state index contributed by atoms with van der Waals surface area (Å²) in [4.78, 5) is 0. The summed E-state index contributed by atoms with van der Waals surface area (Å²) >= 11 is 0. The first-order chi connectivity index (χ1) is 8.68. The van der Waals surface area contributed by atoms with Gasteiger partial charge >= 0.3 is 0 Å². The Kier molecular flexibility index (Phi) is 4.82. The zero-order chi connectivity index (χ0) is 14.9. The number of halogens is 4. The second-order valence-electron chi connectivity index (χ2n) is 5.50. The fraction of sp³-hybridized carbons (Fsp3) is 0.571. The van der Waals surface area contributed by atoms with E-state index in [4.69, 9.17) is 5.11 Å². The fourth-order valence-electron chi connectivity index (χ4n) is 2.19. The molecule has 19 heavy (non-hydrogen) atoms. The molecule has 0 heterocycles. The molecule has 0 saturated carbocycles. The maximum absolute atomic E-state index is 13.8. The summed E-state index contributed by atoms with van der Waals surface area (Å²) in [5.74, 6) is -8.80. The van der Waals surface area contributed by atoms with Gasteiger partial charge < -0.3 is 5.11 Å². The van der Waals surface area contributed by atoms with Crippen molar-refractivity contribution >= 4 is 0 Å². The van der Waals surface area contributed by atoms with Crippen molar-refractivity contribution in [2.75, 3.05) is 0 Å². The van der Waals surface area contributed by atoms with Crippen molar-refractivity contribution in [1.29, 1.82) is 0 Å². The molecule has 1 aromatic carbocycles. The highest BCUT2D eigenvalue weighted by molar-refractivity contribution is 5.35. The minimum atomic E-state index is -1.73. The Morgan fingerprint density at radius 1 is 0.842 bits per heavy atom. The van der Waals surface area contributed by atoms with Crippen LogP contribution < -0.4 is 0 Å². The summed E-state index contributed by atoms with van der Waals surface area (Å²) in [6.45, 7) is 7.18. The SMILES string of the molecule is CC(C)CC(c1c(F)c(F)c(O)c(F)c1F)C(C)C.